The van der Waals surface area contributed by atoms with Gasteiger partial charge in [-0.05, 0) is 59.8 Å². The summed E-state index contributed by atoms with van der Waals surface area (Å²) in [5, 5.41) is 3.35. The van der Waals surface area contributed by atoms with Crippen molar-refractivity contribution in [2.75, 3.05) is 6.61 Å². The Hall–Kier alpha value is -2.35. The molecule has 2 rings (SSSR count). The van der Waals surface area contributed by atoms with E-state index in [-0.39, 0.29) is 39.2 Å². The van der Waals surface area contributed by atoms with Gasteiger partial charge in [0.2, 0.25) is 0 Å². The number of halogens is 5. The highest BCUT2D eigenvalue weighted by Crippen LogP contribution is 2.38. The van der Waals surface area contributed by atoms with Crippen molar-refractivity contribution in [1.82, 2.24) is 0 Å². The fourth-order valence-corrected chi connectivity index (χ4v) is 3.75. The van der Waals surface area contributed by atoms with Gasteiger partial charge in [-0.25, -0.2) is 4.79 Å². The van der Waals surface area contributed by atoms with Crippen LogP contribution in [-0.4, -0.2) is 18.3 Å². The quantitative estimate of drug-likeness (QED) is 0.171. The number of esters is 1. The van der Waals surface area contributed by atoms with Crippen molar-refractivity contribution in [3.8, 4) is 11.5 Å². The normalized spacial score (nSPS) is 12.4. The van der Waals surface area contributed by atoms with E-state index < -0.39 is 25.7 Å². The maximum absolute atomic E-state index is 12.9. The third kappa shape index (κ3) is 6.58. The minimum Gasteiger partial charge on any atom is -0.461 e. The maximum atomic E-state index is 12.9. The zero-order valence-corrected chi connectivity index (χ0v) is 19.5. The topological polar surface area (TPSA) is 74.2 Å². The smallest absolute Gasteiger partial charge is 0.461 e. The molecule has 0 aromatic heterocycles. The van der Waals surface area contributed by atoms with Gasteiger partial charge < -0.3 is 9.47 Å². The minimum atomic E-state index is -4.55. The first-order valence-electron chi connectivity index (χ1n) is 9.21. The number of nitrogens with zero attached hydrogens (tertiary/aromatic N) is 1. The predicted molar refractivity (Wildman–Crippen MR) is 115 cm³/mol. The number of carbonyl (C=O) groups is 1. The van der Waals surface area contributed by atoms with Gasteiger partial charge in [0, 0.05) is 6.07 Å². The maximum Gasteiger partial charge on any atom is 0.623 e. The highest BCUT2D eigenvalue weighted by atomic mass is 35.5. The van der Waals surface area contributed by atoms with Crippen LogP contribution in [0.15, 0.2) is 35.5 Å². The zero-order chi connectivity index (χ0) is 24.1. The van der Waals surface area contributed by atoms with Crippen LogP contribution >= 0.6 is 31.2 Å². The van der Waals surface area contributed by atoms with Crippen LogP contribution in [-0.2, 0) is 31.3 Å². The molecule has 1 atom stereocenters. The first-order valence-corrected chi connectivity index (χ1v) is 11.1. The largest absolute Gasteiger partial charge is 0.623 e. The molecule has 172 valence electrons. The molecule has 0 aliphatic heterocycles. The van der Waals surface area contributed by atoms with E-state index >= 15 is 0 Å². The predicted octanol–water partition coefficient (Wildman–Crippen LogP) is 6.69. The molecule has 0 aliphatic rings. The number of benzene rings is 2. The van der Waals surface area contributed by atoms with E-state index in [1.807, 2.05) is 0 Å². The van der Waals surface area contributed by atoms with Crippen molar-refractivity contribution in [2.24, 2.45) is 5.16 Å². The summed E-state index contributed by atoms with van der Waals surface area (Å²) in [6.45, 7) is 4.88. The molecule has 0 aliphatic carbocycles. The Morgan fingerprint density at radius 3 is 2.34 bits per heavy atom. The number of rotatable bonds is 8. The van der Waals surface area contributed by atoms with Crippen molar-refractivity contribution < 1.29 is 36.6 Å². The highest BCUT2D eigenvalue weighted by Gasteiger charge is 2.32. The second kappa shape index (κ2) is 11.0. The summed E-state index contributed by atoms with van der Waals surface area (Å²) in [5.41, 5.74) is -0.484. The van der Waals surface area contributed by atoms with E-state index in [1.54, 1.807) is 13.8 Å². The van der Waals surface area contributed by atoms with E-state index in [0.29, 0.717) is 12.0 Å². The van der Waals surface area contributed by atoms with E-state index in [2.05, 4.69) is 5.16 Å². The monoisotopic (exact) mass is 510 g/mol. The summed E-state index contributed by atoms with van der Waals surface area (Å²) >= 11 is 12.2. The second-order valence-electron chi connectivity index (χ2n) is 6.25. The van der Waals surface area contributed by atoms with Crippen LogP contribution in [0.5, 0.6) is 11.5 Å². The second-order valence-corrected chi connectivity index (χ2v) is 8.22. The molecule has 0 radical (unpaired) electrons. The van der Waals surface area contributed by atoms with Crippen LogP contribution in [0.1, 0.15) is 31.9 Å². The van der Waals surface area contributed by atoms with Crippen LogP contribution in [0.3, 0.4) is 0 Å². The molecule has 32 heavy (non-hydrogen) atoms. The summed E-state index contributed by atoms with van der Waals surface area (Å²) in [6, 6.07) is 5.48. The number of carbonyl (C=O) groups excluding carboxylic acids is 1. The lowest BCUT2D eigenvalue weighted by Crippen LogP contribution is -2.14. The van der Waals surface area contributed by atoms with E-state index in [1.165, 1.54) is 19.1 Å². The van der Waals surface area contributed by atoms with Gasteiger partial charge in [-0.3, -0.25) is 0 Å². The first-order chi connectivity index (χ1) is 15.0. The summed E-state index contributed by atoms with van der Waals surface area (Å²) < 4.78 is 66.4. The fraction of sp³-hybridized carbons (Fsp3) is 0.300. The minimum absolute atomic E-state index is 0.0114. The van der Waals surface area contributed by atoms with Gasteiger partial charge in [-0.15, -0.1) is 4.62 Å². The zero-order valence-electron chi connectivity index (χ0n) is 17.1. The molecule has 0 N–H and O–H groups in total. The average molecular weight is 511 g/mol. The van der Waals surface area contributed by atoms with Gasteiger partial charge in [0.15, 0.2) is 5.71 Å². The average Bonchev–Trinajstić information content (AvgIpc) is 2.73. The molecule has 1 unspecified atom stereocenters. The van der Waals surface area contributed by atoms with Crippen LogP contribution in [0.2, 0.25) is 10.0 Å². The molecule has 0 heterocycles. The SMILES string of the molecule is CCOC(=O)C(C)=NO[P+](=O)c1cc(Oc2ccc(C(F)(F)F)cc2Cl)c(CC)cc1Cl. The van der Waals surface area contributed by atoms with Crippen molar-refractivity contribution in [1.29, 1.82) is 0 Å². The van der Waals surface area contributed by atoms with Crippen molar-refractivity contribution in [3.63, 3.8) is 0 Å². The van der Waals surface area contributed by atoms with Crippen LogP contribution < -0.4 is 10.0 Å². The lowest BCUT2D eigenvalue weighted by molar-refractivity contribution is -0.137. The van der Waals surface area contributed by atoms with Gasteiger partial charge in [0.1, 0.15) is 11.5 Å². The molecule has 0 amide bonds. The lowest BCUT2D eigenvalue weighted by Gasteiger charge is -2.13. The third-order valence-electron chi connectivity index (χ3n) is 4.01. The molecule has 2 aromatic rings. The van der Waals surface area contributed by atoms with Gasteiger partial charge >= 0.3 is 20.2 Å². The Labute approximate surface area is 193 Å². The van der Waals surface area contributed by atoms with Gasteiger partial charge in [0.05, 0.1) is 22.2 Å². The number of alkyl halides is 3. The standard InChI is InChI=1S/C20H18Cl2F3NO5P/c1-4-12-8-15(22)18(32(28)31-26-11(3)19(27)29-5-2)10-17(12)30-16-7-6-13(9-14(16)21)20(23,24)25/h6-10H,4-5H2,1-3H3/q+1. The van der Waals surface area contributed by atoms with Gasteiger partial charge in [-0.2, -0.15) is 13.2 Å². The Kier molecular flexibility index (Phi) is 8.89. The van der Waals surface area contributed by atoms with Crippen LogP contribution in [0.4, 0.5) is 13.2 Å². The van der Waals surface area contributed by atoms with E-state index in [0.717, 1.165) is 18.2 Å². The summed E-state index contributed by atoms with van der Waals surface area (Å²) in [4.78, 5) is 11.6. The molecule has 12 heteroatoms. The Balaban J connectivity index is 2.34. The number of hydrogen-bond acceptors (Lipinski definition) is 6. The molecule has 0 spiro atoms. The van der Waals surface area contributed by atoms with E-state index in [9.17, 15) is 22.5 Å². The molecule has 2 aromatic carbocycles. The Morgan fingerprint density at radius 2 is 1.78 bits per heavy atom. The van der Waals surface area contributed by atoms with Crippen LogP contribution in [0, 0.1) is 0 Å². The van der Waals surface area contributed by atoms with Gasteiger partial charge in [0.25, 0.3) is 5.30 Å². The fourth-order valence-electron chi connectivity index (χ4n) is 2.39. The van der Waals surface area contributed by atoms with Crippen molar-refractivity contribution >= 4 is 48.2 Å². The third-order valence-corrected chi connectivity index (χ3v) is 5.74. The number of oxime groups is 1. The number of ether oxygens (including phenoxy) is 2. The lowest BCUT2D eigenvalue weighted by atomic mass is 10.1. The molecular weight excluding hydrogens is 493 g/mol. The van der Waals surface area contributed by atoms with Crippen molar-refractivity contribution in [3.05, 3.63) is 51.5 Å². The summed E-state index contributed by atoms with van der Waals surface area (Å²) in [5.74, 6) is -0.592. The summed E-state index contributed by atoms with van der Waals surface area (Å²) in [7, 11) is -2.64. The first kappa shape index (κ1) is 25.9. The molecular formula is C20H18Cl2F3NO5P+. The molecule has 0 bridgehead atoms. The molecule has 0 saturated heterocycles. The van der Waals surface area contributed by atoms with E-state index in [4.69, 9.17) is 37.3 Å². The molecule has 0 saturated carbocycles. The van der Waals surface area contributed by atoms with Gasteiger partial charge in [-0.1, -0.05) is 30.1 Å². The van der Waals surface area contributed by atoms with Crippen molar-refractivity contribution in [2.45, 2.75) is 33.4 Å². The molecule has 6 nitrogen and oxygen atoms in total. The highest BCUT2D eigenvalue weighted by molar-refractivity contribution is 7.48. The van der Waals surface area contributed by atoms with Crippen LogP contribution in [0.25, 0.3) is 0 Å². The number of hydrogen-bond donors (Lipinski definition) is 0. The Bertz CT molecular complexity index is 1060. The Morgan fingerprint density at radius 1 is 1.09 bits per heavy atom. The molecule has 0 fully saturated rings. The summed E-state index contributed by atoms with van der Waals surface area (Å²) in [6.07, 6.45) is -4.10. The number of aryl methyl sites for hydroxylation is 1.